The summed E-state index contributed by atoms with van der Waals surface area (Å²) in [5, 5.41) is 13.2. The summed E-state index contributed by atoms with van der Waals surface area (Å²) < 4.78 is 5.85. The fourth-order valence-electron chi connectivity index (χ4n) is 3.18. The highest BCUT2D eigenvalue weighted by Gasteiger charge is 2.24. The Morgan fingerprint density at radius 2 is 1.96 bits per heavy atom. The number of nitrogens with zero attached hydrogens (tertiary/aromatic N) is 1. The summed E-state index contributed by atoms with van der Waals surface area (Å²) in [4.78, 5) is 2.43. The summed E-state index contributed by atoms with van der Waals surface area (Å²) in [6.07, 6.45) is 2.56. The fraction of sp³-hybridized carbons (Fsp3) is 0.667. The Hall–Kier alpha value is -0.750. The summed E-state index contributed by atoms with van der Waals surface area (Å²) in [6, 6.07) is 8.85. The zero-order valence-electron chi connectivity index (χ0n) is 14.7. The van der Waals surface area contributed by atoms with E-state index >= 15 is 0 Å². The molecule has 1 aromatic rings. The number of anilines is 1. The van der Waals surface area contributed by atoms with E-state index in [2.05, 4.69) is 55.3 Å². The molecular weight excluding hydrogens is 308 g/mol. The van der Waals surface area contributed by atoms with Crippen molar-refractivity contribution in [2.75, 3.05) is 30.9 Å². The number of hydrogen-bond acceptors (Lipinski definition) is 5. The Balaban J connectivity index is 2.05. The maximum absolute atomic E-state index is 9.43. The van der Waals surface area contributed by atoms with Gasteiger partial charge in [0.1, 0.15) is 0 Å². The van der Waals surface area contributed by atoms with Crippen molar-refractivity contribution in [1.29, 1.82) is 0 Å². The number of benzene rings is 1. The van der Waals surface area contributed by atoms with E-state index in [-0.39, 0.29) is 30.1 Å². The molecule has 4 nitrogen and oxygen atoms in total. The monoisotopic (exact) mass is 338 g/mol. The first-order valence-corrected chi connectivity index (χ1v) is 9.69. The molecule has 0 saturated carbocycles. The highest BCUT2D eigenvalue weighted by molar-refractivity contribution is 7.99. The molecule has 2 rings (SSSR count). The second-order valence-electron chi connectivity index (χ2n) is 6.42. The number of morpholine rings is 1. The van der Waals surface area contributed by atoms with Crippen molar-refractivity contribution < 1.29 is 9.84 Å². The van der Waals surface area contributed by atoms with Crippen LogP contribution >= 0.6 is 11.8 Å². The van der Waals surface area contributed by atoms with E-state index in [1.165, 1.54) is 11.3 Å². The van der Waals surface area contributed by atoms with Gasteiger partial charge in [0.05, 0.1) is 18.8 Å². The first-order valence-electron chi connectivity index (χ1n) is 8.40. The molecule has 0 bridgehead atoms. The van der Waals surface area contributed by atoms with Gasteiger partial charge in [0.2, 0.25) is 0 Å². The molecule has 1 aliphatic rings. The Morgan fingerprint density at radius 3 is 2.57 bits per heavy atom. The molecule has 1 aromatic carbocycles. The van der Waals surface area contributed by atoms with Crippen LogP contribution in [0, 0.1) is 0 Å². The van der Waals surface area contributed by atoms with Crippen LogP contribution in [0.5, 0.6) is 0 Å². The highest BCUT2D eigenvalue weighted by Crippen LogP contribution is 2.24. The third-order valence-corrected chi connectivity index (χ3v) is 5.57. The lowest BCUT2D eigenvalue weighted by molar-refractivity contribution is -0.00526. The second-order valence-corrected chi connectivity index (χ2v) is 7.49. The Kier molecular flexibility index (Phi) is 7.21. The van der Waals surface area contributed by atoms with Gasteiger partial charge >= 0.3 is 0 Å². The molecule has 4 atom stereocenters. The van der Waals surface area contributed by atoms with E-state index in [9.17, 15) is 5.11 Å². The smallest absolute Gasteiger partial charge is 0.0726 e. The van der Waals surface area contributed by atoms with Crippen LogP contribution in [0.15, 0.2) is 24.3 Å². The van der Waals surface area contributed by atoms with Gasteiger partial charge in [0, 0.05) is 36.6 Å². The van der Waals surface area contributed by atoms with Crippen molar-refractivity contribution in [1.82, 2.24) is 5.32 Å². The molecule has 5 heteroatoms. The topological polar surface area (TPSA) is 44.7 Å². The van der Waals surface area contributed by atoms with Crippen molar-refractivity contribution in [2.45, 2.75) is 50.8 Å². The van der Waals surface area contributed by atoms with Gasteiger partial charge in [-0.25, -0.2) is 0 Å². The largest absolute Gasteiger partial charge is 0.395 e. The number of hydrogen-bond donors (Lipinski definition) is 2. The van der Waals surface area contributed by atoms with Crippen LogP contribution < -0.4 is 10.2 Å². The highest BCUT2D eigenvalue weighted by atomic mass is 32.2. The third kappa shape index (κ3) is 5.11. The second kappa shape index (κ2) is 8.92. The molecule has 130 valence electrons. The minimum atomic E-state index is 0.204. The van der Waals surface area contributed by atoms with Gasteiger partial charge in [0.25, 0.3) is 0 Å². The predicted molar refractivity (Wildman–Crippen MR) is 99.4 cm³/mol. The molecule has 0 spiro atoms. The SMILES string of the molecule is CS[C@H](CO)[C@H](C)NCc1ccccc1N1C[C@@H](C)O[C@@H](C)C1. The van der Waals surface area contributed by atoms with Crippen LogP contribution in [0.2, 0.25) is 0 Å². The van der Waals surface area contributed by atoms with Gasteiger partial charge in [-0.15, -0.1) is 0 Å². The van der Waals surface area contributed by atoms with Crippen molar-refractivity contribution in [2.24, 2.45) is 0 Å². The number of ether oxygens (including phenoxy) is 1. The lowest BCUT2D eigenvalue weighted by Crippen LogP contribution is -2.46. The van der Waals surface area contributed by atoms with Gasteiger partial charge < -0.3 is 20.1 Å². The zero-order chi connectivity index (χ0) is 16.8. The van der Waals surface area contributed by atoms with Crippen LogP contribution in [0.25, 0.3) is 0 Å². The lowest BCUT2D eigenvalue weighted by Gasteiger charge is -2.38. The van der Waals surface area contributed by atoms with E-state index < -0.39 is 0 Å². The van der Waals surface area contributed by atoms with Crippen LogP contribution in [-0.2, 0) is 11.3 Å². The summed E-state index contributed by atoms with van der Waals surface area (Å²) in [6.45, 7) is 9.29. The minimum Gasteiger partial charge on any atom is -0.395 e. The van der Waals surface area contributed by atoms with E-state index in [0.717, 1.165) is 19.6 Å². The molecule has 2 N–H and O–H groups in total. The van der Waals surface area contributed by atoms with E-state index in [4.69, 9.17) is 4.74 Å². The molecule has 1 saturated heterocycles. The molecule has 0 radical (unpaired) electrons. The molecule has 0 unspecified atom stereocenters. The maximum atomic E-state index is 9.43. The molecule has 1 aliphatic heterocycles. The molecule has 0 aromatic heterocycles. The van der Waals surface area contributed by atoms with Crippen LogP contribution in [0.3, 0.4) is 0 Å². The number of aliphatic hydroxyl groups is 1. The number of para-hydroxylation sites is 1. The lowest BCUT2D eigenvalue weighted by atomic mass is 10.1. The van der Waals surface area contributed by atoms with Crippen molar-refractivity contribution >= 4 is 17.4 Å². The Morgan fingerprint density at radius 1 is 1.30 bits per heavy atom. The predicted octanol–water partition coefficient (Wildman–Crippen LogP) is 2.50. The van der Waals surface area contributed by atoms with Crippen LogP contribution in [-0.4, -0.2) is 54.6 Å². The standard InChI is InChI=1S/C18H30N2O2S/c1-13-10-20(11-14(2)22-13)17-8-6-5-7-16(17)9-19-15(3)18(12-21)23-4/h5-8,13-15,18-19,21H,9-12H2,1-4H3/t13-,14+,15-,18+/m0/s1. The quantitative estimate of drug-likeness (QED) is 0.800. The van der Waals surface area contributed by atoms with E-state index in [1.54, 1.807) is 11.8 Å². The Labute approximate surface area is 144 Å². The van der Waals surface area contributed by atoms with Gasteiger partial charge in [-0.2, -0.15) is 11.8 Å². The molecular formula is C18H30N2O2S. The number of thioether (sulfide) groups is 1. The van der Waals surface area contributed by atoms with Gasteiger partial charge in [-0.05, 0) is 38.7 Å². The summed E-state index contributed by atoms with van der Waals surface area (Å²) >= 11 is 1.71. The average Bonchev–Trinajstić information content (AvgIpc) is 2.53. The number of nitrogens with one attached hydrogen (secondary N) is 1. The summed E-state index contributed by atoms with van der Waals surface area (Å²) in [7, 11) is 0. The maximum Gasteiger partial charge on any atom is 0.0726 e. The third-order valence-electron chi connectivity index (χ3n) is 4.41. The van der Waals surface area contributed by atoms with Crippen molar-refractivity contribution in [3.05, 3.63) is 29.8 Å². The Bertz CT molecular complexity index is 472. The average molecular weight is 339 g/mol. The van der Waals surface area contributed by atoms with Crippen LogP contribution in [0.4, 0.5) is 5.69 Å². The van der Waals surface area contributed by atoms with Crippen molar-refractivity contribution in [3.8, 4) is 0 Å². The molecule has 0 aliphatic carbocycles. The first-order chi connectivity index (χ1) is 11.0. The normalized spacial score (nSPS) is 24.5. The van der Waals surface area contributed by atoms with Gasteiger partial charge in [-0.3, -0.25) is 0 Å². The number of aliphatic hydroxyl groups excluding tert-OH is 1. The molecule has 0 amide bonds. The molecule has 23 heavy (non-hydrogen) atoms. The first kappa shape index (κ1) is 18.6. The fourth-order valence-corrected chi connectivity index (χ4v) is 3.84. The van der Waals surface area contributed by atoms with E-state index in [1.807, 2.05) is 6.26 Å². The van der Waals surface area contributed by atoms with E-state index in [0.29, 0.717) is 0 Å². The minimum absolute atomic E-state index is 0.204. The molecule has 1 fully saturated rings. The van der Waals surface area contributed by atoms with Crippen molar-refractivity contribution in [3.63, 3.8) is 0 Å². The molecule has 1 heterocycles. The van der Waals surface area contributed by atoms with Gasteiger partial charge in [0.15, 0.2) is 0 Å². The summed E-state index contributed by atoms with van der Waals surface area (Å²) in [5.41, 5.74) is 2.59. The number of rotatable bonds is 7. The zero-order valence-corrected chi connectivity index (χ0v) is 15.5. The van der Waals surface area contributed by atoms with Gasteiger partial charge in [-0.1, -0.05) is 18.2 Å². The van der Waals surface area contributed by atoms with Crippen LogP contribution in [0.1, 0.15) is 26.3 Å². The summed E-state index contributed by atoms with van der Waals surface area (Å²) in [5.74, 6) is 0.